The van der Waals surface area contributed by atoms with Gasteiger partial charge in [-0.25, -0.2) is 9.59 Å². The lowest BCUT2D eigenvalue weighted by Crippen LogP contribution is -2.47. The average Bonchev–Trinajstić information content (AvgIpc) is 3.23. The maximum Gasteiger partial charge on any atom is 0.339 e. The van der Waals surface area contributed by atoms with Gasteiger partial charge in [-0.15, -0.1) is 0 Å². The highest BCUT2D eigenvalue weighted by atomic mass is 16.6. The van der Waals surface area contributed by atoms with E-state index in [2.05, 4.69) is 10.6 Å². The maximum absolute atomic E-state index is 12.7. The van der Waals surface area contributed by atoms with Gasteiger partial charge in [-0.2, -0.15) is 0 Å². The molecular formula is C22H32N2O7. The first kappa shape index (κ1) is 24.3. The van der Waals surface area contributed by atoms with Gasteiger partial charge in [0.2, 0.25) is 5.75 Å². The van der Waals surface area contributed by atoms with Crippen LogP contribution in [0.5, 0.6) is 17.2 Å². The molecule has 1 aliphatic rings. The normalized spacial score (nSPS) is 14.5. The molecule has 9 heteroatoms. The molecule has 0 heterocycles. The molecule has 1 aliphatic carbocycles. The van der Waals surface area contributed by atoms with Crippen LogP contribution in [0, 0.1) is 0 Å². The molecule has 3 amide bonds. The fraction of sp³-hybridized carbons (Fsp3) is 0.591. The molecule has 0 radical (unpaired) electrons. The minimum absolute atomic E-state index is 0.0727. The number of esters is 1. The third kappa shape index (κ3) is 7.04. The predicted molar refractivity (Wildman–Crippen MR) is 114 cm³/mol. The number of rotatable bonds is 10. The number of hydrogen-bond acceptors (Lipinski definition) is 7. The van der Waals surface area contributed by atoms with Crippen molar-refractivity contribution < 1.29 is 33.3 Å². The van der Waals surface area contributed by atoms with E-state index in [0.717, 1.165) is 25.7 Å². The van der Waals surface area contributed by atoms with Gasteiger partial charge in [0, 0.05) is 6.04 Å². The summed E-state index contributed by atoms with van der Waals surface area (Å²) in [6.07, 6.45) is 2.74. The molecule has 0 aromatic heterocycles. The van der Waals surface area contributed by atoms with Crippen molar-refractivity contribution >= 4 is 17.9 Å². The summed E-state index contributed by atoms with van der Waals surface area (Å²) in [6, 6.07) is 2.45. The van der Waals surface area contributed by atoms with Crippen LogP contribution < -0.4 is 24.8 Å². The van der Waals surface area contributed by atoms with Gasteiger partial charge in [0.05, 0.1) is 25.4 Å². The summed E-state index contributed by atoms with van der Waals surface area (Å²) in [5, 5.41) is 4.97. The fourth-order valence-corrected chi connectivity index (χ4v) is 3.29. The lowest BCUT2D eigenvalue weighted by molar-refractivity contribution is -0.127. The highest BCUT2D eigenvalue weighted by molar-refractivity contribution is 5.98. The highest BCUT2D eigenvalue weighted by Gasteiger charge is 2.25. The Kier molecular flexibility index (Phi) is 9.42. The molecule has 172 valence electrons. The van der Waals surface area contributed by atoms with Crippen molar-refractivity contribution in [2.75, 3.05) is 19.8 Å². The summed E-state index contributed by atoms with van der Waals surface area (Å²) in [5.74, 6) is -0.364. The lowest BCUT2D eigenvalue weighted by atomic mass is 10.1. The number of amides is 3. The molecule has 1 saturated carbocycles. The Morgan fingerprint density at radius 2 is 1.52 bits per heavy atom. The SMILES string of the molecule is CCOc1cc(C(=O)O[C@H](C)C(=O)NC(=O)NC2CCCC2)cc(OCC)c1OCC. The number of carbonyl (C=O) groups is 3. The van der Waals surface area contributed by atoms with Gasteiger partial charge in [0.25, 0.3) is 5.91 Å². The van der Waals surface area contributed by atoms with Crippen LogP contribution in [-0.4, -0.2) is 49.9 Å². The van der Waals surface area contributed by atoms with Crippen molar-refractivity contribution in [2.45, 2.75) is 65.5 Å². The monoisotopic (exact) mass is 436 g/mol. The first-order valence-electron chi connectivity index (χ1n) is 10.8. The highest BCUT2D eigenvalue weighted by Crippen LogP contribution is 2.39. The summed E-state index contributed by atoms with van der Waals surface area (Å²) < 4.78 is 22.0. The Labute approximate surface area is 182 Å². The van der Waals surface area contributed by atoms with Crippen LogP contribution in [0.3, 0.4) is 0 Å². The largest absolute Gasteiger partial charge is 0.490 e. The van der Waals surface area contributed by atoms with Crippen molar-refractivity contribution in [3.05, 3.63) is 17.7 Å². The molecule has 2 N–H and O–H groups in total. The number of carbonyl (C=O) groups excluding carboxylic acids is 3. The van der Waals surface area contributed by atoms with E-state index < -0.39 is 24.0 Å². The molecule has 9 nitrogen and oxygen atoms in total. The average molecular weight is 437 g/mol. The van der Waals surface area contributed by atoms with Crippen LogP contribution >= 0.6 is 0 Å². The number of imide groups is 1. The third-order valence-electron chi connectivity index (χ3n) is 4.72. The predicted octanol–water partition coefficient (Wildman–Crippen LogP) is 3.20. The molecule has 1 aromatic carbocycles. The minimum atomic E-state index is -1.17. The van der Waals surface area contributed by atoms with Crippen LogP contribution in [0.15, 0.2) is 12.1 Å². The van der Waals surface area contributed by atoms with E-state index in [-0.39, 0.29) is 11.6 Å². The van der Waals surface area contributed by atoms with Gasteiger partial charge in [0.1, 0.15) is 0 Å². The molecule has 0 saturated heterocycles. The van der Waals surface area contributed by atoms with E-state index in [1.54, 1.807) is 0 Å². The second-order valence-electron chi connectivity index (χ2n) is 7.09. The standard InChI is InChI=1S/C22H32N2O7/c1-5-28-17-12-15(13-18(29-6-2)19(17)30-7-3)21(26)31-14(4)20(25)24-22(27)23-16-10-8-9-11-16/h12-14,16H,5-11H2,1-4H3,(H2,23,24,25,27)/t14-/m1/s1. The summed E-state index contributed by atoms with van der Waals surface area (Å²) in [5.41, 5.74) is 0.144. The third-order valence-corrected chi connectivity index (χ3v) is 4.72. The molecule has 1 atom stereocenters. The molecule has 31 heavy (non-hydrogen) atoms. The van der Waals surface area contributed by atoms with Crippen LogP contribution in [0.2, 0.25) is 0 Å². The number of hydrogen-bond donors (Lipinski definition) is 2. The zero-order valence-corrected chi connectivity index (χ0v) is 18.6. The van der Waals surface area contributed by atoms with Crippen molar-refractivity contribution in [3.63, 3.8) is 0 Å². The summed E-state index contributed by atoms with van der Waals surface area (Å²) in [4.78, 5) is 36.9. The molecule has 0 unspecified atom stereocenters. The van der Waals surface area contributed by atoms with E-state index in [4.69, 9.17) is 18.9 Å². The maximum atomic E-state index is 12.7. The van der Waals surface area contributed by atoms with Gasteiger partial charge >= 0.3 is 12.0 Å². The molecule has 1 fully saturated rings. The molecular weight excluding hydrogens is 404 g/mol. The number of nitrogens with one attached hydrogen (secondary N) is 2. The van der Waals surface area contributed by atoms with Crippen molar-refractivity contribution in [2.24, 2.45) is 0 Å². The van der Waals surface area contributed by atoms with E-state index in [1.807, 2.05) is 20.8 Å². The Balaban J connectivity index is 2.06. The van der Waals surface area contributed by atoms with Gasteiger partial charge in [0.15, 0.2) is 17.6 Å². The van der Waals surface area contributed by atoms with Crippen LogP contribution in [0.25, 0.3) is 0 Å². The van der Waals surface area contributed by atoms with E-state index >= 15 is 0 Å². The molecule has 0 aliphatic heterocycles. The lowest BCUT2D eigenvalue weighted by Gasteiger charge is -2.18. The Hall–Kier alpha value is -2.97. The molecule has 0 bridgehead atoms. The van der Waals surface area contributed by atoms with E-state index in [9.17, 15) is 14.4 Å². The first-order chi connectivity index (χ1) is 14.9. The van der Waals surface area contributed by atoms with E-state index in [1.165, 1.54) is 19.1 Å². The fourth-order valence-electron chi connectivity index (χ4n) is 3.29. The van der Waals surface area contributed by atoms with Crippen LogP contribution in [0.1, 0.15) is 63.7 Å². The Morgan fingerprint density at radius 3 is 2.03 bits per heavy atom. The topological polar surface area (TPSA) is 112 Å². The van der Waals surface area contributed by atoms with Gasteiger partial charge in [-0.3, -0.25) is 10.1 Å². The first-order valence-corrected chi connectivity index (χ1v) is 10.8. The van der Waals surface area contributed by atoms with Crippen LogP contribution in [0.4, 0.5) is 4.79 Å². The molecule has 0 spiro atoms. The number of benzene rings is 1. The minimum Gasteiger partial charge on any atom is -0.490 e. The second-order valence-corrected chi connectivity index (χ2v) is 7.09. The second kappa shape index (κ2) is 12.0. The van der Waals surface area contributed by atoms with Gasteiger partial charge in [-0.05, 0) is 52.7 Å². The van der Waals surface area contributed by atoms with Gasteiger partial charge < -0.3 is 24.3 Å². The van der Waals surface area contributed by atoms with Crippen molar-refractivity contribution in [1.82, 2.24) is 10.6 Å². The zero-order valence-electron chi connectivity index (χ0n) is 18.6. The molecule has 2 rings (SSSR count). The number of ether oxygens (including phenoxy) is 4. The quantitative estimate of drug-likeness (QED) is 0.542. The van der Waals surface area contributed by atoms with Crippen molar-refractivity contribution in [3.8, 4) is 17.2 Å². The Bertz CT molecular complexity index is 748. The number of urea groups is 1. The summed E-state index contributed by atoms with van der Waals surface area (Å²) in [7, 11) is 0. The smallest absolute Gasteiger partial charge is 0.339 e. The Morgan fingerprint density at radius 1 is 0.968 bits per heavy atom. The van der Waals surface area contributed by atoms with Crippen molar-refractivity contribution in [1.29, 1.82) is 0 Å². The van der Waals surface area contributed by atoms with E-state index in [0.29, 0.717) is 37.1 Å². The summed E-state index contributed by atoms with van der Waals surface area (Å²) >= 11 is 0. The zero-order chi connectivity index (χ0) is 22.8. The summed E-state index contributed by atoms with van der Waals surface area (Å²) in [6.45, 7) is 7.96. The van der Waals surface area contributed by atoms with Crippen LogP contribution in [-0.2, 0) is 9.53 Å². The van der Waals surface area contributed by atoms with Gasteiger partial charge in [-0.1, -0.05) is 12.8 Å². The molecule has 1 aromatic rings.